The Hall–Kier alpha value is -2.96. The lowest BCUT2D eigenvalue weighted by molar-refractivity contribution is 0.324. The molecule has 0 heterocycles. The number of hydrogen-bond donors (Lipinski definition) is 2. The first-order chi connectivity index (χ1) is 14.1. The minimum absolute atomic E-state index is 0.198. The van der Waals surface area contributed by atoms with Crippen LogP contribution >= 0.6 is 0 Å². The maximum Gasteiger partial charge on any atom is 0.203 e. The second kappa shape index (κ2) is 11.8. The molecule has 0 aliphatic rings. The number of aryl methyl sites for hydroxylation is 1. The van der Waals surface area contributed by atoms with Gasteiger partial charge in [-0.15, -0.1) is 0 Å². The number of methoxy groups -OCH3 is 3. The summed E-state index contributed by atoms with van der Waals surface area (Å²) < 4.78 is 29.4. The van der Waals surface area contributed by atoms with Crippen LogP contribution in [0.2, 0.25) is 0 Å². The largest absolute Gasteiger partial charge is 0.493 e. The average Bonchev–Trinajstić information content (AvgIpc) is 2.74. The zero-order valence-corrected chi connectivity index (χ0v) is 17.5. The van der Waals surface area contributed by atoms with E-state index in [9.17, 15) is 4.39 Å². The fraction of sp³-hybridized carbons (Fsp3) is 0.409. The van der Waals surface area contributed by atoms with Gasteiger partial charge in [0.05, 0.1) is 27.9 Å². The highest BCUT2D eigenvalue weighted by molar-refractivity contribution is 5.79. The number of nitrogens with zero attached hydrogens (tertiary/aromatic N) is 1. The molecule has 2 N–H and O–H groups in total. The Morgan fingerprint density at radius 1 is 0.966 bits per heavy atom. The molecule has 0 atom stereocenters. The van der Waals surface area contributed by atoms with E-state index in [-0.39, 0.29) is 5.82 Å². The summed E-state index contributed by atoms with van der Waals surface area (Å²) in [5, 5.41) is 6.55. The molecule has 2 rings (SSSR count). The standard InChI is InChI=1S/C22H30FN3O3/c1-5-24-22(25-11-7-9-16-8-6-10-18(23)12-16)26-15-17-13-19(27-2)21(29-4)20(14-17)28-3/h6,8,10,12-14H,5,7,9,11,15H2,1-4H3,(H2,24,25,26). The Morgan fingerprint density at radius 3 is 2.28 bits per heavy atom. The molecule has 2 aromatic rings. The molecular formula is C22H30FN3O3. The van der Waals surface area contributed by atoms with E-state index in [1.165, 1.54) is 6.07 Å². The van der Waals surface area contributed by atoms with Crippen LogP contribution in [0.25, 0.3) is 0 Å². The maximum absolute atomic E-state index is 13.3. The quantitative estimate of drug-likeness (QED) is 0.361. The van der Waals surface area contributed by atoms with E-state index in [1.807, 2.05) is 25.1 Å². The van der Waals surface area contributed by atoms with Crippen molar-refractivity contribution in [1.29, 1.82) is 0 Å². The molecular weight excluding hydrogens is 373 g/mol. The fourth-order valence-electron chi connectivity index (χ4n) is 2.93. The van der Waals surface area contributed by atoms with Gasteiger partial charge in [-0.1, -0.05) is 12.1 Å². The Bertz CT molecular complexity index is 787. The van der Waals surface area contributed by atoms with Crippen LogP contribution in [0.15, 0.2) is 41.4 Å². The first-order valence-corrected chi connectivity index (χ1v) is 9.66. The summed E-state index contributed by atoms with van der Waals surface area (Å²) in [4.78, 5) is 4.63. The van der Waals surface area contributed by atoms with Crippen LogP contribution in [-0.4, -0.2) is 40.4 Å². The minimum Gasteiger partial charge on any atom is -0.493 e. The van der Waals surface area contributed by atoms with Crippen molar-refractivity contribution >= 4 is 5.96 Å². The van der Waals surface area contributed by atoms with Crippen LogP contribution in [0.5, 0.6) is 17.2 Å². The van der Waals surface area contributed by atoms with Crippen molar-refractivity contribution in [2.45, 2.75) is 26.3 Å². The van der Waals surface area contributed by atoms with Crippen molar-refractivity contribution in [3.63, 3.8) is 0 Å². The number of rotatable bonds is 10. The lowest BCUT2D eigenvalue weighted by atomic mass is 10.1. The molecule has 6 nitrogen and oxygen atoms in total. The summed E-state index contributed by atoms with van der Waals surface area (Å²) in [6.45, 7) is 3.96. The second-order valence-corrected chi connectivity index (χ2v) is 6.39. The van der Waals surface area contributed by atoms with Gasteiger partial charge in [-0.25, -0.2) is 9.38 Å². The van der Waals surface area contributed by atoms with Gasteiger partial charge in [0.1, 0.15) is 5.82 Å². The highest BCUT2D eigenvalue weighted by Gasteiger charge is 2.13. The van der Waals surface area contributed by atoms with Crippen LogP contribution in [0.4, 0.5) is 4.39 Å². The van der Waals surface area contributed by atoms with Gasteiger partial charge in [-0.2, -0.15) is 0 Å². The molecule has 0 aromatic heterocycles. The summed E-state index contributed by atoms with van der Waals surface area (Å²) in [7, 11) is 4.76. The van der Waals surface area contributed by atoms with E-state index in [1.54, 1.807) is 33.5 Å². The number of nitrogens with one attached hydrogen (secondary N) is 2. The number of halogens is 1. The molecule has 0 fully saturated rings. The van der Waals surface area contributed by atoms with E-state index >= 15 is 0 Å². The molecule has 0 unspecified atom stereocenters. The van der Waals surface area contributed by atoms with Gasteiger partial charge < -0.3 is 24.8 Å². The predicted molar refractivity (Wildman–Crippen MR) is 114 cm³/mol. The molecule has 7 heteroatoms. The van der Waals surface area contributed by atoms with Gasteiger partial charge >= 0.3 is 0 Å². The van der Waals surface area contributed by atoms with Crippen molar-refractivity contribution in [2.24, 2.45) is 4.99 Å². The number of guanidine groups is 1. The first-order valence-electron chi connectivity index (χ1n) is 9.66. The monoisotopic (exact) mass is 403 g/mol. The predicted octanol–water partition coefficient (Wildman–Crippen LogP) is 3.54. The number of ether oxygens (including phenoxy) is 3. The Balaban J connectivity index is 1.97. The summed E-state index contributed by atoms with van der Waals surface area (Å²) >= 11 is 0. The van der Waals surface area contributed by atoms with Crippen LogP contribution in [0.1, 0.15) is 24.5 Å². The van der Waals surface area contributed by atoms with Gasteiger partial charge in [-0.3, -0.25) is 0 Å². The molecule has 0 radical (unpaired) electrons. The molecule has 0 amide bonds. The summed E-state index contributed by atoms with van der Waals surface area (Å²) in [6, 6.07) is 10.5. The molecule has 0 saturated carbocycles. The van der Waals surface area contributed by atoms with E-state index in [4.69, 9.17) is 14.2 Å². The number of hydrogen-bond acceptors (Lipinski definition) is 4. The van der Waals surface area contributed by atoms with Gasteiger partial charge in [0, 0.05) is 13.1 Å². The Labute approximate surface area is 172 Å². The molecule has 2 aromatic carbocycles. The van der Waals surface area contributed by atoms with Gasteiger partial charge in [0.25, 0.3) is 0 Å². The van der Waals surface area contributed by atoms with Crippen LogP contribution in [-0.2, 0) is 13.0 Å². The van der Waals surface area contributed by atoms with E-state index in [0.717, 1.165) is 43.0 Å². The molecule has 29 heavy (non-hydrogen) atoms. The van der Waals surface area contributed by atoms with Crippen LogP contribution in [0.3, 0.4) is 0 Å². The molecule has 158 valence electrons. The van der Waals surface area contributed by atoms with Gasteiger partial charge in [-0.05, 0) is 55.2 Å². The normalized spacial score (nSPS) is 11.1. The highest BCUT2D eigenvalue weighted by Crippen LogP contribution is 2.38. The third-order valence-electron chi connectivity index (χ3n) is 4.31. The van der Waals surface area contributed by atoms with Crippen LogP contribution < -0.4 is 24.8 Å². The zero-order chi connectivity index (χ0) is 21.1. The first kappa shape index (κ1) is 22.3. The second-order valence-electron chi connectivity index (χ2n) is 6.39. The Morgan fingerprint density at radius 2 is 1.69 bits per heavy atom. The maximum atomic E-state index is 13.3. The summed E-state index contributed by atoms with van der Waals surface area (Å²) in [6.07, 6.45) is 1.68. The van der Waals surface area contributed by atoms with Crippen molar-refractivity contribution < 1.29 is 18.6 Å². The molecule has 0 aliphatic carbocycles. The third kappa shape index (κ3) is 6.85. The Kier molecular flexibility index (Phi) is 9.08. The highest BCUT2D eigenvalue weighted by atomic mass is 19.1. The topological polar surface area (TPSA) is 64.1 Å². The van der Waals surface area contributed by atoms with Gasteiger partial charge in [0.2, 0.25) is 5.75 Å². The van der Waals surface area contributed by atoms with Crippen LogP contribution in [0, 0.1) is 5.82 Å². The SMILES string of the molecule is CCNC(=NCc1cc(OC)c(OC)c(OC)c1)NCCCc1cccc(F)c1. The molecule has 0 bridgehead atoms. The zero-order valence-electron chi connectivity index (χ0n) is 17.5. The number of benzene rings is 2. The smallest absolute Gasteiger partial charge is 0.203 e. The van der Waals surface area contributed by atoms with Crippen molar-refractivity contribution in [1.82, 2.24) is 10.6 Å². The van der Waals surface area contributed by atoms with E-state index in [2.05, 4.69) is 15.6 Å². The van der Waals surface area contributed by atoms with Crippen molar-refractivity contribution in [2.75, 3.05) is 34.4 Å². The van der Waals surface area contributed by atoms with Crippen molar-refractivity contribution in [3.8, 4) is 17.2 Å². The van der Waals surface area contributed by atoms with Gasteiger partial charge in [0.15, 0.2) is 17.5 Å². The minimum atomic E-state index is -0.198. The number of aliphatic imine (C=N–C) groups is 1. The summed E-state index contributed by atoms with van der Waals surface area (Å²) in [5.74, 6) is 2.29. The average molecular weight is 403 g/mol. The molecule has 0 aliphatic heterocycles. The van der Waals surface area contributed by atoms with Crippen molar-refractivity contribution in [3.05, 3.63) is 53.3 Å². The molecule has 0 saturated heterocycles. The fourth-order valence-corrected chi connectivity index (χ4v) is 2.93. The van der Waals surface area contributed by atoms with E-state index < -0.39 is 0 Å². The lowest BCUT2D eigenvalue weighted by Gasteiger charge is -2.14. The summed E-state index contributed by atoms with van der Waals surface area (Å²) in [5.41, 5.74) is 1.93. The third-order valence-corrected chi connectivity index (χ3v) is 4.31. The van der Waals surface area contributed by atoms with E-state index in [0.29, 0.717) is 23.8 Å². The molecule has 0 spiro atoms. The lowest BCUT2D eigenvalue weighted by Crippen LogP contribution is -2.37.